The van der Waals surface area contributed by atoms with Crippen molar-refractivity contribution >= 4 is 74.3 Å². The van der Waals surface area contributed by atoms with E-state index in [1.54, 1.807) is 0 Å². The van der Waals surface area contributed by atoms with Crippen LogP contribution in [0.5, 0.6) is 11.5 Å². The van der Waals surface area contributed by atoms with E-state index in [0.29, 0.717) is 5.92 Å². The van der Waals surface area contributed by atoms with E-state index in [0.717, 1.165) is 39.9 Å². The highest BCUT2D eigenvalue weighted by atomic mass is 16.5. The Kier molecular flexibility index (Phi) is 9.00. The molecule has 0 atom stereocenters. The first-order chi connectivity index (χ1) is 32.2. The van der Waals surface area contributed by atoms with Gasteiger partial charge in [-0.15, -0.1) is 0 Å². The highest BCUT2D eigenvalue weighted by Crippen LogP contribution is 2.52. The number of fused-ring (bicyclic) bond motifs is 6. The topological polar surface area (TPSA) is 19.0 Å². The summed E-state index contributed by atoms with van der Waals surface area (Å²) in [5.41, 5.74) is 20.6. The number of hydrogen-bond acceptors (Lipinski definition) is 4. The van der Waals surface area contributed by atoms with E-state index in [1.165, 1.54) is 99.1 Å². The van der Waals surface area contributed by atoms with Gasteiger partial charge in [0.2, 0.25) is 0 Å². The van der Waals surface area contributed by atoms with Gasteiger partial charge in [0.15, 0.2) is 11.5 Å². The molecule has 5 heteroatoms. The summed E-state index contributed by atoms with van der Waals surface area (Å²) in [5, 5.41) is 0. The van der Waals surface area contributed by atoms with Crippen molar-refractivity contribution in [1.29, 1.82) is 0 Å². The molecular formula is C60H46BN3O. The summed E-state index contributed by atoms with van der Waals surface area (Å²) in [6, 6.07) is 78.2. The minimum Gasteiger partial charge on any atom is -0.453 e. The van der Waals surface area contributed by atoms with Gasteiger partial charge in [-0.25, -0.2) is 0 Å². The number of hydrogen-bond donors (Lipinski definition) is 0. The number of anilines is 9. The zero-order chi connectivity index (χ0) is 42.8. The first-order valence-corrected chi connectivity index (χ1v) is 23.2. The molecule has 0 spiro atoms. The third kappa shape index (κ3) is 6.29. The second kappa shape index (κ2) is 15.5. The van der Waals surface area contributed by atoms with Crippen molar-refractivity contribution < 1.29 is 4.74 Å². The molecular weight excluding hydrogens is 789 g/mol. The SMILES string of the molecule is c1ccc(-c2cccc(N3c4cc(-c5ccccc5)ccc4B4c5ccc(N6c7ccccc7Oc7ccccc76)cc5N(c5ccccc5)c5cc(C6CCCCC6)cc3c54)c2)cc1. The van der Waals surface area contributed by atoms with Crippen LogP contribution in [-0.4, -0.2) is 6.71 Å². The number of para-hydroxylation sites is 5. The fraction of sp³-hybridized carbons (Fsp3) is 0.100. The molecule has 0 amide bonds. The lowest BCUT2D eigenvalue weighted by Crippen LogP contribution is -2.61. The summed E-state index contributed by atoms with van der Waals surface area (Å²) in [5.74, 6) is 2.19. The quantitative estimate of drug-likeness (QED) is 0.155. The van der Waals surface area contributed by atoms with Crippen LogP contribution in [0, 0.1) is 0 Å². The van der Waals surface area contributed by atoms with Gasteiger partial charge < -0.3 is 19.4 Å². The molecule has 13 rings (SSSR count). The van der Waals surface area contributed by atoms with E-state index in [4.69, 9.17) is 4.74 Å². The fourth-order valence-corrected chi connectivity index (χ4v) is 11.2. The van der Waals surface area contributed by atoms with Crippen LogP contribution in [0.2, 0.25) is 0 Å². The average Bonchev–Trinajstić information content (AvgIpc) is 3.38. The molecule has 1 fully saturated rings. The molecule has 3 heterocycles. The molecule has 4 aliphatic rings. The largest absolute Gasteiger partial charge is 0.453 e. The molecule has 310 valence electrons. The van der Waals surface area contributed by atoms with Gasteiger partial charge >= 0.3 is 0 Å². The maximum atomic E-state index is 6.51. The Labute approximate surface area is 381 Å². The Morgan fingerprint density at radius 1 is 0.354 bits per heavy atom. The van der Waals surface area contributed by atoms with Crippen molar-refractivity contribution in [2.45, 2.75) is 38.0 Å². The Balaban J connectivity index is 1.10. The first kappa shape index (κ1) is 37.8. The average molecular weight is 836 g/mol. The van der Waals surface area contributed by atoms with Crippen molar-refractivity contribution in [3.8, 4) is 33.8 Å². The third-order valence-electron chi connectivity index (χ3n) is 14.2. The summed E-state index contributed by atoms with van der Waals surface area (Å²) in [6.45, 7) is -0.0120. The molecule has 4 nitrogen and oxygen atoms in total. The van der Waals surface area contributed by atoms with Gasteiger partial charge in [-0.2, -0.15) is 0 Å². The molecule has 9 aromatic rings. The zero-order valence-electron chi connectivity index (χ0n) is 36.1. The van der Waals surface area contributed by atoms with E-state index < -0.39 is 0 Å². The molecule has 0 N–H and O–H groups in total. The van der Waals surface area contributed by atoms with Gasteiger partial charge in [-0.05, 0) is 142 Å². The van der Waals surface area contributed by atoms with E-state index in [-0.39, 0.29) is 6.71 Å². The van der Waals surface area contributed by atoms with Crippen molar-refractivity contribution in [2.75, 3.05) is 14.7 Å². The van der Waals surface area contributed by atoms with Crippen molar-refractivity contribution in [3.63, 3.8) is 0 Å². The Morgan fingerprint density at radius 2 is 0.846 bits per heavy atom. The van der Waals surface area contributed by atoms with E-state index in [9.17, 15) is 0 Å². The standard InChI is InChI=1S/C60H46BN3O/c1-5-18-41(19-6-1)44-24-17-27-48(36-44)64-54-37-45(42-20-7-2-8-21-42)32-34-50(54)61-51-35-33-49(63-52-28-13-15-30-58(52)65-59-31-16-14-29-53(59)63)40-55(51)62(47-25-11-4-12-26-47)56-38-46(39-57(64)60(56)61)43-22-9-3-10-23-43/h1-2,4-8,11-21,24-40,43H,3,9-10,22-23H2. The van der Waals surface area contributed by atoms with Crippen molar-refractivity contribution in [3.05, 3.63) is 218 Å². The van der Waals surface area contributed by atoms with E-state index in [2.05, 4.69) is 227 Å². The predicted octanol–water partition coefficient (Wildman–Crippen LogP) is 14.7. The molecule has 9 aromatic carbocycles. The Bertz CT molecular complexity index is 3210. The second-order valence-corrected chi connectivity index (χ2v) is 17.9. The molecule has 0 unspecified atom stereocenters. The molecule has 0 bridgehead atoms. The lowest BCUT2D eigenvalue weighted by Gasteiger charge is -2.45. The Morgan fingerprint density at radius 3 is 1.51 bits per heavy atom. The number of benzene rings is 9. The summed E-state index contributed by atoms with van der Waals surface area (Å²) < 4.78 is 6.51. The fourth-order valence-electron chi connectivity index (χ4n) is 11.2. The second-order valence-electron chi connectivity index (χ2n) is 17.9. The molecule has 0 aromatic heterocycles. The van der Waals surface area contributed by atoms with Gasteiger partial charge in [0, 0.05) is 39.8 Å². The van der Waals surface area contributed by atoms with Crippen molar-refractivity contribution in [2.24, 2.45) is 0 Å². The lowest BCUT2D eigenvalue weighted by atomic mass is 9.33. The number of nitrogens with zero attached hydrogens (tertiary/aromatic N) is 3. The molecule has 65 heavy (non-hydrogen) atoms. The van der Waals surface area contributed by atoms with Crippen molar-refractivity contribution in [1.82, 2.24) is 0 Å². The lowest BCUT2D eigenvalue weighted by molar-refractivity contribution is 0.444. The molecule has 3 aliphatic heterocycles. The smallest absolute Gasteiger partial charge is 0.252 e. The molecule has 1 aliphatic carbocycles. The van der Waals surface area contributed by atoms with Crippen LogP contribution in [0.1, 0.15) is 43.6 Å². The minimum absolute atomic E-state index is 0.0120. The van der Waals surface area contributed by atoms with Gasteiger partial charge in [-0.3, -0.25) is 0 Å². The predicted molar refractivity (Wildman–Crippen MR) is 272 cm³/mol. The summed E-state index contributed by atoms with van der Waals surface area (Å²) in [7, 11) is 0. The van der Waals surface area contributed by atoms with Crippen LogP contribution in [0.3, 0.4) is 0 Å². The molecule has 1 saturated carbocycles. The molecule has 0 radical (unpaired) electrons. The van der Waals surface area contributed by atoms with Crippen LogP contribution in [0.25, 0.3) is 22.3 Å². The highest BCUT2D eigenvalue weighted by molar-refractivity contribution is 7.00. The zero-order valence-corrected chi connectivity index (χ0v) is 36.1. The van der Waals surface area contributed by atoms with Crippen LogP contribution < -0.4 is 35.8 Å². The van der Waals surface area contributed by atoms with Crippen LogP contribution in [0.4, 0.5) is 51.2 Å². The molecule has 0 saturated heterocycles. The van der Waals surface area contributed by atoms with Gasteiger partial charge in [-0.1, -0.05) is 153 Å². The maximum absolute atomic E-state index is 6.51. The number of rotatable bonds is 6. The summed E-state index contributed by atoms with van der Waals surface area (Å²) in [6.07, 6.45) is 6.26. The van der Waals surface area contributed by atoms with Crippen LogP contribution >= 0.6 is 0 Å². The van der Waals surface area contributed by atoms with E-state index >= 15 is 0 Å². The van der Waals surface area contributed by atoms with E-state index in [1.807, 2.05) is 0 Å². The highest BCUT2D eigenvalue weighted by Gasteiger charge is 2.44. The van der Waals surface area contributed by atoms with Crippen LogP contribution in [-0.2, 0) is 0 Å². The van der Waals surface area contributed by atoms with Gasteiger partial charge in [0.05, 0.1) is 11.4 Å². The summed E-state index contributed by atoms with van der Waals surface area (Å²) >= 11 is 0. The normalized spacial score (nSPS) is 14.7. The third-order valence-corrected chi connectivity index (χ3v) is 14.2. The maximum Gasteiger partial charge on any atom is 0.252 e. The first-order valence-electron chi connectivity index (χ1n) is 23.2. The van der Waals surface area contributed by atoms with Gasteiger partial charge in [0.25, 0.3) is 6.71 Å². The van der Waals surface area contributed by atoms with Crippen LogP contribution in [0.15, 0.2) is 212 Å². The summed E-state index contributed by atoms with van der Waals surface area (Å²) in [4.78, 5) is 7.54. The minimum atomic E-state index is -0.0120. The number of ether oxygens (including phenoxy) is 1. The van der Waals surface area contributed by atoms with Gasteiger partial charge in [0.1, 0.15) is 0 Å². The Hall–Kier alpha value is -7.76. The monoisotopic (exact) mass is 835 g/mol.